The number of piperazine rings is 1. The highest BCUT2D eigenvalue weighted by molar-refractivity contribution is 7.92. The predicted octanol–water partition coefficient (Wildman–Crippen LogP) is 9.44. The normalized spacial score (nSPS) is 19.4. The third kappa shape index (κ3) is 11.6. The van der Waals surface area contributed by atoms with Crippen LogP contribution in [0.15, 0.2) is 94.1 Å². The average Bonchev–Trinajstić information content (AvgIpc) is 3.75. The summed E-state index contributed by atoms with van der Waals surface area (Å²) in [4.78, 5) is 41.5. The van der Waals surface area contributed by atoms with Crippen molar-refractivity contribution >= 4 is 65.2 Å². The van der Waals surface area contributed by atoms with E-state index in [1.807, 2.05) is 18.2 Å². The van der Waals surface area contributed by atoms with E-state index in [1.165, 1.54) is 29.0 Å². The molecule has 0 spiro atoms. The van der Waals surface area contributed by atoms with E-state index in [0.717, 1.165) is 92.9 Å². The summed E-state index contributed by atoms with van der Waals surface area (Å²) in [6.45, 7) is 8.59. The molecule has 2 aliphatic carbocycles. The van der Waals surface area contributed by atoms with Gasteiger partial charge in [0.15, 0.2) is 0 Å². The van der Waals surface area contributed by atoms with Crippen LogP contribution in [-0.2, 0) is 26.2 Å². The number of pyridine rings is 2. The zero-order chi connectivity index (χ0) is 46.8. The van der Waals surface area contributed by atoms with E-state index < -0.39 is 41.2 Å². The number of hydrogen-bond acceptors (Lipinski definition) is 12. The van der Waals surface area contributed by atoms with Crippen LogP contribution in [0.4, 0.5) is 11.4 Å². The molecular formula is C48H57ClN8O7S2. The topological polar surface area (TPSA) is 193 Å². The van der Waals surface area contributed by atoms with Gasteiger partial charge in [-0.1, -0.05) is 43.2 Å². The number of carbonyl (C=O) groups excluding carboxylic acids is 1. The molecule has 2 aromatic carbocycles. The van der Waals surface area contributed by atoms with Gasteiger partial charge in [-0.3, -0.25) is 29.0 Å². The Morgan fingerprint density at radius 3 is 2.44 bits per heavy atom. The van der Waals surface area contributed by atoms with Crippen molar-refractivity contribution < 1.29 is 27.1 Å². The number of benzene rings is 2. The lowest BCUT2D eigenvalue weighted by molar-refractivity contribution is -0.386. The fourth-order valence-electron chi connectivity index (χ4n) is 9.42. The summed E-state index contributed by atoms with van der Waals surface area (Å²) < 4.78 is 52.5. The van der Waals surface area contributed by atoms with Gasteiger partial charge in [0.2, 0.25) is 0 Å². The molecule has 2 fully saturated rings. The maximum absolute atomic E-state index is 14.0. The summed E-state index contributed by atoms with van der Waals surface area (Å²) in [5, 5.41) is 13.7. The second kappa shape index (κ2) is 19.5. The first-order valence-electron chi connectivity index (χ1n) is 22.4. The molecule has 15 nitrogen and oxygen atoms in total. The molecule has 66 heavy (non-hydrogen) atoms. The number of fused-ring (bicyclic) bond motifs is 1. The maximum Gasteiger partial charge on any atom is 0.292 e. The van der Waals surface area contributed by atoms with Gasteiger partial charge in [0, 0.05) is 95.6 Å². The van der Waals surface area contributed by atoms with Gasteiger partial charge in [-0.25, -0.2) is 22.5 Å². The van der Waals surface area contributed by atoms with Crippen molar-refractivity contribution in [3.05, 3.63) is 117 Å². The third-order valence-electron chi connectivity index (χ3n) is 13.0. The van der Waals surface area contributed by atoms with Gasteiger partial charge in [-0.2, -0.15) is 0 Å². The van der Waals surface area contributed by atoms with E-state index in [0.29, 0.717) is 30.9 Å². The van der Waals surface area contributed by atoms with Crippen LogP contribution in [0.5, 0.6) is 11.5 Å². The Hall–Kier alpha value is -5.36. The van der Waals surface area contributed by atoms with E-state index in [2.05, 4.69) is 59.8 Å². The highest BCUT2D eigenvalue weighted by Gasteiger charge is 2.31. The average molecular weight is 958 g/mol. The Morgan fingerprint density at radius 2 is 1.73 bits per heavy atom. The quantitative estimate of drug-likeness (QED) is 0.0796. The summed E-state index contributed by atoms with van der Waals surface area (Å²) in [6, 6.07) is 17.8. The number of sulfonamides is 1. The SMILES string of the molecule is CC1(C)CCC(CN2CCN(c3ccc(C(=O)NS(=O)(=O)c4cnc(CCC5CCC(N=S(C)(C)=O)CC5)c([N+](=O)[O-])c4)c(Oc4cnc5[nH]ccc5c4)c3)CC2)=C(c2ccc(Cl)cc2)C1. The van der Waals surface area contributed by atoms with Gasteiger partial charge in [-0.15, -0.1) is 0 Å². The minimum atomic E-state index is -4.63. The molecule has 1 aliphatic heterocycles. The fraction of sp³-hybridized carbons (Fsp3) is 0.438. The van der Waals surface area contributed by atoms with Gasteiger partial charge >= 0.3 is 0 Å². The van der Waals surface area contributed by atoms with Gasteiger partial charge in [-0.05, 0) is 117 Å². The number of nitrogens with zero attached hydrogens (tertiary/aromatic N) is 6. The number of nitro groups is 1. The molecule has 0 radical (unpaired) electrons. The highest BCUT2D eigenvalue weighted by Crippen LogP contribution is 2.43. The second-order valence-electron chi connectivity index (χ2n) is 18.9. The third-order valence-corrected chi connectivity index (χ3v) is 15.4. The minimum Gasteiger partial charge on any atom is -0.455 e. The minimum absolute atomic E-state index is 0.0442. The molecule has 1 saturated heterocycles. The molecule has 0 unspecified atom stereocenters. The lowest BCUT2D eigenvalue weighted by Crippen LogP contribution is -2.47. The number of carbonyl (C=O) groups is 1. The van der Waals surface area contributed by atoms with Crippen molar-refractivity contribution in [2.24, 2.45) is 15.7 Å². The lowest BCUT2D eigenvalue weighted by Gasteiger charge is -2.39. The van der Waals surface area contributed by atoms with Crippen molar-refractivity contribution in [1.82, 2.24) is 24.6 Å². The first kappa shape index (κ1) is 47.1. The Bertz CT molecular complexity index is 2890. The Morgan fingerprint density at radius 1 is 0.985 bits per heavy atom. The summed E-state index contributed by atoms with van der Waals surface area (Å²) >= 11 is 6.25. The number of aryl methyl sites for hydroxylation is 1. The van der Waals surface area contributed by atoms with Crippen LogP contribution in [-0.4, -0.2) is 94.6 Å². The van der Waals surface area contributed by atoms with E-state index in [9.17, 15) is 27.5 Å². The van der Waals surface area contributed by atoms with Gasteiger partial charge < -0.3 is 14.6 Å². The molecule has 2 N–H and O–H groups in total. The highest BCUT2D eigenvalue weighted by atomic mass is 35.5. The molecular weight excluding hydrogens is 900 g/mol. The summed E-state index contributed by atoms with van der Waals surface area (Å²) in [7, 11) is -6.82. The van der Waals surface area contributed by atoms with Gasteiger partial charge in [0.05, 0.1) is 22.7 Å². The summed E-state index contributed by atoms with van der Waals surface area (Å²) in [5.74, 6) is -0.242. The Kier molecular flexibility index (Phi) is 13.9. The summed E-state index contributed by atoms with van der Waals surface area (Å²) in [6.07, 6.45) is 15.0. The predicted molar refractivity (Wildman–Crippen MR) is 259 cm³/mol. The lowest BCUT2D eigenvalue weighted by atomic mass is 9.72. The number of H-pyrrole nitrogens is 1. The van der Waals surface area contributed by atoms with Crippen molar-refractivity contribution in [2.45, 2.75) is 82.6 Å². The second-order valence-corrected chi connectivity index (χ2v) is 23.6. The number of halogens is 1. The molecule has 0 bridgehead atoms. The molecule has 1 saturated carbocycles. The van der Waals surface area contributed by atoms with Gasteiger partial charge in [0.1, 0.15) is 27.7 Å². The van der Waals surface area contributed by atoms with Crippen LogP contribution in [0.3, 0.4) is 0 Å². The number of hydrogen-bond donors (Lipinski definition) is 2. The number of anilines is 1. The zero-order valence-corrected chi connectivity index (χ0v) is 40.2. The van der Waals surface area contributed by atoms with Gasteiger partial charge in [0.25, 0.3) is 21.6 Å². The molecule has 3 aliphatic rings. The first-order valence-corrected chi connectivity index (χ1v) is 26.6. The number of allylic oxidation sites excluding steroid dienone is 1. The number of amides is 1. The van der Waals surface area contributed by atoms with Crippen LogP contribution in [0, 0.1) is 21.4 Å². The number of ether oxygens (including phenoxy) is 1. The largest absolute Gasteiger partial charge is 0.455 e. The molecule has 4 heterocycles. The fourth-order valence-corrected chi connectivity index (χ4v) is 11.4. The molecule has 0 atom stereocenters. The van der Waals surface area contributed by atoms with Crippen LogP contribution >= 0.6 is 11.6 Å². The number of aromatic nitrogens is 3. The van der Waals surface area contributed by atoms with Crippen LogP contribution in [0.25, 0.3) is 16.6 Å². The summed E-state index contributed by atoms with van der Waals surface area (Å²) in [5.41, 5.74) is 5.43. The number of aromatic amines is 1. The Labute approximate surface area is 391 Å². The van der Waals surface area contributed by atoms with Crippen LogP contribution in [0.2, 0.25) is 5.02 Å². The van der Waals surface area contributed by atoms with E-state index in [1.54, 1.807) is 36.9 Å². The molecule has 1 amide bonds. The maximum atomic E-state index is 14.0. The number of rotatable bonds is 14. The van der Waals surface area contributed by atoms with E-state index in [4.69, 9.17) is 16.3 Å². The number of nitrogens with one attached hydrogen (secondary N) is 2. The zero-order valence-electron chi connectivity index (χ0n) is 37.8. The van der Waals surface area contributed by atoms with E-state index >= 15 is 0 Å². The van der Waals surface area contributed by atoms with Crippen LogP contribution in [0.1, 0.15) is 86.8 Å². The molecule has 350 valence electrons. The molecule has 8 rings (SSSR count). The van der Waals surface area contributed by atoms with E-state index in [-0.39, 0.29) is 40.8 Å². The van der Waals surface area contributed by atoms with Crippen molar-refractivity contribution in [3.8, 4) is 11.5 Å². The Balaban J connectivity index is 0.977. The van der Waals surface area contributed by atoms with Crippen LogP contribution < -0.4 is 14.4 Å². The smallest absolute Gasteiger partial charge is 0.292 e. The van der Waals surface area contributed by atoms with Crippen molar-refractivity contribution in [3.63, 3.8) is 0 Å². The molecule has 5 aromatic rings. The standard InChI is InChI=1S/C48H57ClN8O7S2/c1-48(2)19-17-35(42(28-48)33-8-10-36(49)11-9-33)31-55-21-23-56(24-22-55)38-14-15-41(45(26-38)64-39-25-34-18-20-50-46(34)52-29-39)47(58)54-66(62,63)40-27-44(57(59)60)43(51-30-40)16-7-32-5-12-37(13-6-32)53-65(3,4)61/h8-11,14-15,18,20,25-27,29-30,32,37H,5-7,12-13,16-17,19,21-24,28,31H2,1-4H3,(H,50,52)(H,54,58). The van der Waals surface area contributed by atoms with Crippen molar-refractivity contribution in [2.75, 3.05) is 50.1 Å². The molecule has 18 heteroatoms. The van der Waals surface area contributed by atoms with Crippen molar-refractivity contribution in [1.29, 1.82) is 0 Å². The molecule has 3 aromatic heterocycles. The monoisotopic (exact) mass is 956 g/mol. The first-order chi connectivity index (χ1) is 31.4.